The average Bonchev–Trinajstić information content (AvgIpc) is 3.04. The highest BCUT2D eigenvalue weighted by molar-refractivity contribution is 6.10. The van der Waals surface area contributed by atoms with Gasteiger partial charge in [0.2, 0.25) is 5.88 Å². The molecule has 0 unspecified atom stereocenters. The van der Waals surface area contributed by atoms with Gasteiger partial charge < -0.3 is 24.8 Å². The molecule has 0 radical (unpaired) electrons. The maximum Gasteiger partial charge on any atom is 0.241 e. The van der Waals surface area contributed by atoms with E-state index in [1.165, 1.54) is 24.9 Å². The second kappa shape index (κ2) is 5.60. The molecular formula is C16H18N4O5. The van der Waals surface area contributed by atoms with Crippen LogP contribution in [0.5, 0.6) is 5.88 Å². The minimum atomic E-state index is -1.61. The van der Waals surface area contributed by atoms with Crippen molar-refractivity contribution in [2.75, 3.05) is 13.7 Å². The fourth-order valence-electron chi connectivity index (χ4n) is 3.34. The van der Waals surface area contributed by atoms with E-state index in [2.05, 4.69) is 15.3 Å². The van der Waals surface area contributed by atoms with Gasteiger partial charge in [-0.15, -0.1) is 5.10 Å². The van der Waals surface area contributed by atoms with Gasteiger partial charge in [-0.1, -0.05) is 6.07 Å². The lowest BCUT2D eigenvalue weighted by Crippen LogP contribution is -2.44. The van der Waals surface area contributed by atoms with E-state index < -0.39 is 30.6 Å². The zero-order valence-corrected chi connectivity index (χ0v) is 13.7. The van der Waals surface area contributed by atoms with Crippen molar-refractivity contribution in [2.45, 2.75) is 31.0 Å². The molecule has 1 aromatic carbocycles. The molecule has 4 atom stereocenters. The van der Waals surface area contributed by atoms with Gasteiger partial charge in [0.25, 0.3) is 0 Å². The predicted molar refractivity (Wildman–Crippen MR) is 87.0 cm³/mol. The van der Waals surface area contributed by atoms with Crippen LogP contribution >= 0.6 is 0 Å². The van der Waals surface area contributed by atoms with E-state index in [0.717, 1.165) is 16.2 Å². The van der Waals surface area contributed by atoms with Crippen molar-refractivity contribution in [3.05, 3.63) is 24.5 Å². The average molecular weight is 346 g/mol. The van der Waals surface area contributed by atoms with Crippen LogP contribution in [0, 0.1) is 0 Å². The summed E-state index contributed by atoms with van der Waals surface area (Å²) in [6.45, 7) is 1.04. The fraction of sp³-hybridized carbons (Fsp3) is 0.438. The maximum absolute atomic E-state index is 10.6. The fourth-order valence-corrected chi connectivity index (χ4v) is 3.34. The topological polar surface area (TPSA) is 123 Å². The van der Waals surface area contributed by atoms with Crippen molar-refractivity contribution < 1.29 is 24.8 Å². The van der Waals surface area contributed by atoms with Crippen LogP contribution in [-0.4, -0.2) is 66.8 Å². The number of rotatable bonds is 3. The van der Waals surface area contributed by atoms with Gasteiger partial charge >= 0.3 is 0 Å². The van der Waals surface area contributed by atoms with Crippen molar-refractivity contribution >= 4 is 21.7 Å². The van der Waals surface area contributed by atoms with Gasteiger partial charge in [-0.3, -0.25) is 0 Å². The Morgan fingerprint density at radius 2 is 2.20 bits per heavy atom. The molecule has 1 aliphatic rings. The van der Waals surface area contributed by atoms with Crippen molar-refractivity contribution in [1.82, 2.24) is 20.0 Å². The largest absolute Gasteiger partial charge is 0.479 e. The first-order valence-electron chi connectivity index (χ1n) is 7.81. The molecule has 0 amide bonds. The van der Waals surface area contributed by atoms with Gasteiger partial charge in [0.05, 0.1) is 19.9 Å². The molecule has 25 heavy (non-hydrogen) atoms. The van der Waals surface area contributed by atoms with Crippen LogP contribution in [0.25, 0.3) is 21.7 Å². The second-order valence-corrected chi connectivity index (χ2v) is 6.31. The number of aliphatic hydroxyl groups excluding tert-OH is 2. The van der Waals surface area contributed by atoms with E-state index >= 15 is 0 Å². The minimum absolute atomic E-state index is 0.393. The highest BCUT2D eigenvalue weighted by Crippen LogP contribution is 2.39. The molecule has 3 heterocycles. The predicted octanol–water partition coefficient (Wildman–Crippen LogP) is -0.0103. The summed E-state index contributed by atoms with van der Waals surface area (Å²) in [6, 6.07) is 3.74. The molecule has 4 rings (SSSR count). The smallest absolute Gasteiger partial charge is 0.241 e. The zero-order chi connectivity index (χ0) is 17.8. The number of aromatic nitrogens is 4. The third-order valence-electron chi connectivity index (χ3n) is 4.67. The first-order chi connectivity index (χ1) is 12.0. The lowest BCUT2D eigenvalue weighted by molar-refractivity contribution is -0.102. The molecule has 3 N–H and O–H groups in total. The van der Waals surface area contributed by atoms with Crippen molar-refractivity contribution in [3.63, 3.8) is 0 Å². The Hall–Kier alpha value is -2.33. The summed E-state index contributed by atoms with van der Waals surface area (Å²) in [5.41, 5.74) is -1.08. The van der Waals surface area contributed by atoms with Crippen molar-refractivity contribution in [3.8, 4) is 5.88 Å². The number of hydrogen-bond donors (Lipinski definition) is 3. The molecule has 3 aromatic rings. The first-order valence-corrected chi connectivity index (χ1v) is 7.81. The van der Waals surface area contributed by atoms with Crippen LogP contribution in [0.2, 0.25) is 0 Å². The van der Waals surface area contributed by atoms with E-state index in [1.54, 1.807) is 6.20 Å². The Morgan fingerprint density at radius 1 is 1.40 bits per heavy atom. The Kier molecular flexibility index (Phi) is 3.62. The molecule has 9 nitrogen and oxygen atoms in total. The quantitative estimate of drug-likeness (QED) is 0.605. The Morgan fingerprint density at radius 3 is 2.88 bits per heavy atom. The molecule has 0 spiro atoms. The van der Waals surface area contributed by atoms with E-state index in [0.29, 0.717) is 11.4 Å². The third-order valence-corrected chi connectivity index (χ3v) is 4.67. The monoisotopic (exact) mass is 346 g/mol. The van der Waals surface area contributed by atoms with E-state index in [4.69, 9.17) is 9.47 Å². The molecular weight excluding hydrogens is 328 g/mol. The molecule has 1 fully saturated rings. The third kappa shape index (κ3) is 2.28. The lowest BCUT2D eigenvalue weighted by atomic mass is 9.97. The summed E-state index contributed by atoms with van der Waals surface area (Å²) in [6.07, 6.45) is 0.117. The highest BCUT2D eigenvalue weighted by Gasteiger charge is 2.53. The Labute approximate surface area is 142 Å². The first kappa shape index (κ1) is 16.2. The summed E-state index contributed by atoms with van der Waals surface area (Å²) >= 11 is 0. The van der Waals surface area contributed by atoms with Gasteiger partial charge in [-0.2, -0.15) is 10.2 Å². The van der Waals surface area contributed by atoms with Crippen LogP contribution < -0.4 is 4.74 Å². The molecule has 0 saturated carbocycles. The SMILES string of the molecule is COc1nncc2nn([C@@H]3O[C@H](CO)[C@@H](O)[C@@]3(C)O)cc3ccc1c32. The van der Waals surface area contributed by atoms with Crippen molar-refractivity contribution in [2.24, 2.45) is 0 Å². The summed E-state index contributed by atoms with van der Waals surface area (Å²) < 4.78 is 12.3. The van der Waals surface area contributed by atoms with Gasteiger partial charge in [0, 0.05) is 22.4 Å². The van der Waals surface area contributed by atoms with Gasteiger partial charge in [0.15, 0.2) is 6.23 Å². The Balaban J connectivity index is 1.91. The van der Waals surface area contributed by atoms with Crippen LogP contribution in [0.4, 0.5) is 0 Å². The molecule has 2 aromatic heterocycles. The van der Waals surface area contributed by atoms with Crippen molar-refractivity contribution in [1.29, 1.82) is 0 Å². The number of ether oxygens (including phenoxy) is 2. The summed E-state index contributed by atoms with van der Waals surface area (Å²) in [5.74, 6) is 0.393. The number of nitrogens with zero attached hydrogens (tertiary/aromatic N) is 4. The molecule has 1 aliphatic heterocycles. The van der Waals surface area contributed by atoms with Gasteiger partial charge in [-0.25, -0.2) is 4.68 Å². The van der Waals surface area contributed by atoms with E-state index in [1.807, 2.05) is 12.1 Å². The van der Waals surface area contributed by atoms with E-state index in [9.17, 15) is 15.3 Å². The van der Waals surface area contributed by atoms with Crippen LogP contribution in [0.15, 0.2) is 24.5 Å². The number of hydrogen-bond acceptors (Lipinski definition) is 8. The summed E-state index contributed by atoms with van der Waals surface area (Å²) in [7, 11) is 1.52. The minimum Gasteiger partial charge on any atom is -0.479 e. The molecule has 9 heteroatoms. The Bertz CT molecular complexity index is 941. The molecule has 0 bridgehead atoms. The summed E-state index contributed by atoms with van der Waals surface area (Å²) in [5, 5.41) is 45.0. The molecule has 132 valence electrons. The maximum atomic E-state index is 10.6. The summed E-state index contributed by atoms with van der Waals surface area (Å²) in [4.78, 5) is 0. The van der Waals surface area contributed by atoms with Crippen LogP contribution in [0.1, 0.15) is 13.2 Å². The van der Waals surface area contributed by atoms with Gasteiger partial charge in [-0.05, 0) is 13.0 Å². The molecule has 0 aliphatic carbocycles. The number of methoxy groups -OCH3 is 1. The van der Waals surface area contributed by atoms with Crippen LogP contribution in [-0.2, 0) is 4.74 Å². The van der Waals surface area contributed by atoms with Crippen LogP contribution in [0.3, 0.4) is 0 Å². The molecule has 1 saturated heterocycles. The zero-order valence-electron chi connectivity index (χ0n) is 13.7. The highest BCUT2D eigenvalue weighted by atomic mass is 16.6. The lowest BCUT2D eigenvalue weighted by Gasteiger charge is -2.27. The van der Waals surface area contributed by atoms with E-state index in [-0.39, 0.29) is 0 Å². The van der Waals surface area contributed by atoms with Gasteiger partial charge in [0.1, 0.15) is 23.3 Å². The number of aliphatic hydroxyl groups is 3. The standard InChI is InChI=1S/C16H18N4O5/c1-16(23)13(22)11(7-21)25-15(16)20-6-8-3-4-9-12(8)10(19-20)5-17-18-14(9)24-2/h3-6,11,13,15,21-23H,7H2,1-2H3/t11-,13-,15-,16-/m1/s1. The normalized spacial score (nSPS) is 29.6. The second-order valence-electron chi connectivity index (χ2n) is 6.31.